The van der Waals surface area contributed by atoms with Crippen LogP contribution in [0.3, 0.4) is 0 Å². The van der Waals surface area contributed by atoms with Gasteiger partial charge < -0.3 is 15.8 Å². The molecule has 3 N–H and O–H groups in total. The highest BCUT2D eigenvalue weighted by atomic mass is 16.5. The predicted molar refractivity (Wildman–Crippen MR) is 122 cm³/mol. The smallest absolute Gasteiger partial charge is 0.0673 e. The van der Waals surface area contributed by atoms with Gasteiger partial charge >= 0.3 is 0 Å². The van der Waals surface area contributed by atoms with Crippen molar-refractivity contribution in [2.24, 2.45) is 5.41 Å². The van der Waals surface area contributed by atoms with Gasteiger partial charge in [-0.2, -0.15) is 0 Å². The molecule has 2 aromatic rings. The fraction of sp³-hybridized carbons (Fsp3) is 0.520. The summed E-state index contributed by atoms with van der Waals surface area (Å²) in [6.07, 6.45) is 3.40. The molecule has 0 aliphatic heterocycles. The number of hydrogen-bond acceptors (Lipinski definition) is 3. The standard InChI is InChI=1S/C25H38N2O/c1-18-10-13-21(14-11-18)27-23-15-12-20(26)17-22(23)19(2)9-8-16-24(3,4)25(5,6)28-7/h10-15,17,19,27H,8-9,16,26H2,1-7H3. The minimum Gasteiger partial charge on any atom is -0.399 e. The van der Waals surface area contributed by atoms with Gasteiger partial charge in [0.15, 0.2) is 0 Å². The van der Waals surface area contributed by atoms with Crippen LogP contribution in [0, 0.1) is 12.3 Å². The lowest BCUT2D eigenvalue weighted by atomic mass is 9.73. The molecule has 2 rings (SSSR count). The maximum absolute atomic E-state index is 6.11. The van der Waals surface area contributed by atoms with Crippen LogP contribution in [0.2, 0.25) is 0 Å². The van der Waals surface area contributed by atoms with Gasteiger partial charge in [-0.25, -0.2) is 0 Å². The Morgan fingerprint density at radius 1 is 1.04 bits per heavy atom. The summed E-state index contributed by atoms with van der Waals surface area (Å²) in [4.78, 5) is 0. The molecule has 2 aromatic carbocycles. The molecule has 0 aliphatic carbocycles. The normalized spacial score (nSPS) is 13.4. The van der Waals surface area contributed by atoms with Gasteiger partial charge in [-0.3, -0.25) is 0 Å². The number of methoxy groups -OCH3 is 1. The predicted octanol–water partition coefficient (Wildman–Crippen LogP) is 7.05. The number of ether oxygens (including phenoxy) is 1. The molecule has 3 nitrogen and oxygen atoms in total. The van der Waals surface area contributed by atoms with Crippen molar-refractivity contribution in [2.45, 2.75) is 72.3 Å². The van der Waals surface area contributed by atoms with Crippen LogP contribution in [0.15, 0.2) is 42.5 Å². The summed E-state index contributed by atoms with van der Waals surface area (Å²) >= 11 is 0. The SMILES string of the molecule is COC(C)(C)C(C)(C)CCCC(C)c1cc(N)ccc1Nc1ccc(C)cc1. The van der Waals surface area contributed by atoms with Crippen LogP contribution < -0.4 is 11.1 Å². The zero-order valence-electron chi connectivity index (χ0n) is 18.7. The molecule has 0 saturated carbocycles. The Bertz CT molecular complexity index is 763. The van der Waals surface area contributed by atoms with E-state index in [4.69, 9.17) is 10.5 Å². The summed E-state index contributed by atoms with van der Waals surface area (Å²) in [5.74, 6) is 0.429. The van der Waals surface area contributed by atoms with Crippen molar-refractivity contribution in [1.29, 1.82) is 0 Å². The van der Waals surface area contributed by atoms with Crippen LogP contribution >= 0.6 is 0 Å². The van der Waals surface area contributed by atoms with E-state index in [1.165, 1.54) is 11.1 Å². The third-order valence-corrected chi connectivity index (χ3v) is 6.52. The number of nitrogen functional groups attached to an aromatic ring is 1. The van der Waals surface area contributed by atoms with Crippen molar-refractivity contribution in [3.8, 4) is 0 Å². The molecule has 3 heteroatoms. The summed E-state index contributed by atoms with van der Waals surface area (Å²) in [5.41, 5.74) is 11.7. The first-order valence-corrected chi connectivity index (χ1v) is 10.3. The highest BCUT2D eigenvalue weighted by Crippen LogP contribution is 2.39. The van der Waals surface area contributed by atoms with E-state index in [2.05, 4.69) is 83.3 Å². The number of nitrogens with one attached hydrogen (secondary N) is 1. The highest BCUT2D eigenvalue weighted by Gasteiger charge is 2.36. The Morgan fingerprint density at radius 2 is 1.68 bits per heavy atom. The van der Waals surface area contributed by atoms with Gasteiger partial charge in [0.25, 0.3) is 0 Å². The quantitative estimate of drug-likeness (QED) is 0.457. The Kier molecular flexibility index (Phi) is 7.16. The van der Waals surface area contributed by atoms with Crippen LogP contribution in [-0.2, 0) is 4.74 Å². The second-order valence-corrected chi connectivity index (χ2v) is 9.23. The van der Waals surface area contributed by atoms with E-state index >= 15 is 0 Å². The van der Waals surface area contributed by atoms with Crippen molar-refractivity contribution >= 4 is 17.1 Å². The van der Waals surface area contributed by atoms with Gasteiger partial charge in [0, 0.05) is 24.2 Å². The molecule has 0 fully saturated rings. The van der Waals surface area contributed by atoms with E-state index in [1.807, 2.05) is 6.07 Å². The van der Waals surface area contributed by atoms with E-state index in [9.17, 15) is 0 Å². The second-order valence-electron chi connectivity index (χ2n) is 9.23. The van der Waals surface area contributed by atoms with Crippen molar-refractivity contribution in [1.82, 2.24) is 0 Å². The third kappa shape index (κ3) is 5.51. The lowest BCUT2D eigenvalue weighted by molar-refractivity contribution is -0.0753. The first kappa shape index (κ1) is 22.3. The van der Waals surface area contributed by atoms with Crippen LogP contribution in [0.1, 0.15) is 70.9 Å². The monoisotopic (exact) mass is 382 g/mol. The summed E-state index contributed by atoms with van der Waals surface area (Å²) in [6, 6.07) is 14.7. The molecule has 1 unspecified atom stereocenters. The van der Waals surface area contributed by atoms with E-state index in [-0.39, 0.29) is 11.0 Å². The topological polar surface area (TPSA) is 47.3 Å². The summed E-state index contributed by atoms with van der Waals surface area (Å²) < 4.78 is 5.73. The fourth-order valence-corrected chi connectivity index (χ4v) is 3.48. The van der Waals surface area contributed by atoms with E-state index in [0.717, 1.165) is 36.3 Å². The van der Waals surface area contributed by atoms with Gasteiger partial charge in [-0.15, -0.1) is 0 Å². The maximum Gasteiger partial charge on any atom is 0.0673 e. The molecule has 0 amide bonds. The Hall–Kier alpha value is -2.00. The lowest BCUT2D eigenvalue weighted by Crippen LogP contribution is -2.40. The molecule has 0 heterocycles. The molecular formula is C25H38N2O. The average molecular weight is 383 g/mol. The van der Waals surface area contributed by atoms with Crippen LogP contribution in [0.25, 0.3) is 0 Å². The zero-order valence-corrected chi connectivity index (χ0v) is 18.7. The Labute approximate surface area is 171 Å². The van der Waals surface area contributed by atoms with Gasteiger partial charge in [-0.1, -0.05) is 44.9 Å². The van der Waals surface area contributed by atoms with Gasteiger partial charge in [0.05, 0.1) is 5.60 Å². The zero-order chi connectivity index (χ0) is 20.9. The molecule has 0 aliphatic rings. The lowest BCUT2D eigenvalue weighted by Gasteiger charge is -2.41. The van der Waals surface area contributed by atoms with Crippen molar-refractivity contribution in [3.63, 3.8) is 0 Å². The molecular weight excluding hydrogens is 344 g/mol. The van der Waals surface area contributed by atoms with Crippen LogP contribution in [-0.4, -0.2) is 12.7 Å². The molecule has 28 heavy (non-hydrogen) atoms. The number of benzene rings is 2. The van der Waals surface area contributed by atoms with E-state index < -0.39 is 0 Å². The minimum absolute atomic E-state index is 0.125. The molecule has 0 radical (unpaired) electrons. The van der Waals surface area contributed by atoms with Crippen molar-refractivity contribution in [3.05, 3.63) is 53.6 Å². The molecule has 0 spiro atoms. The summed E-state index contributed by atoms with van der Waals surface area (Å²) in [5, 5.41) is 3.57. The van der Waals surface area contributed by atoms with Crippen molar-refractivity contribution in [2.75, 3.05) is 18.2 Å². The first-order valence-electron chi connectivity index (χ1n) is 10.3. The van der Waals surface area contributed by atoms with Gasteiger partial charge in [0.1, 0.15) is 0 Å². The van der Waals surface area contributed by atoms with Crippen LogP contribution in [0.5, 0.6) is 0 Å². The maximum atomic E-state index is 6.11. The van der Waals surface area contributed by atoms with Crippen molar-refractivity contribution < 1.29 is 4.74 Å². The third-order valence-electron chi connectivity index (χ3n) is 6.52. The average Bonchev–Trinajstić information content (AvgIpc) is 2.64. The molecule has 0 aromatic heterocycles. The van der Waals surface area contributed by atoms with E-state index in [1.54, 1.807) is 7.11 Å². The minimum atomic E-state index is -0.133. The number of aryl methyl sites for hydroxylation is 1. The highest BCUT2D eigenvalue weighted by molar-refractivity contribution is 5.67. The molecule has 154 valence electrons. The van der Waals surface area contributed by atoms with Crippen LogP contribution in [0.4, 0.5) is 17.1 Å². The van der Waals surface area contributed by atoms with Gasteiger partial charge in [-0.05, 0) is 80.8 Å². The number of hydrogen-bond donors (Lipinski definition) is 2. The number of rotatable bonds is 9. The Morgan fingerprint density at radius 3 is 2.29 bits per heavy atom. The fourth-order valence-electron chi connectivity index (χ4n) is 3.48. The molecule has 1 atom stereocenters. The number of anilines is 3. The van der Waals surface area contributed by atoms with E-state index in [0.29, 0.717) is 5.92 Å². The number of nitrogens with two attached hydrogens (primary N) is 1. The Balaban J connectivity index is 2.09. The second kappa shape index (κ2) is 9.00. The molecule has 0 bridgehead atoms. The first-order chi connectivity index (χ1) is 13.1. The summed E-state index contributed by atoms with van der Waals surface area (Å²) in [7, 11) is 1.81. The van der Waals surface area contributed by atoms with Gasteiger partial charge in [0.2, 0.25) is 0 Å². The largest absolute Gasteiger partial charge is 0.399 e. The summed E-state index contributed by atoms with van der Waals surface area (Å²) in [6.45, 7) is 13.4. The molecule has 0 saturated heterocycles.